The van der Waals surface area contributed by atoms with E-state index in [2.05, 4.69) is 15.0 Å². The van der Waals surface area contributed by atoms with Crippen LogP contribution in [0.1, 0.15) is 39.7 Å². The third kappa shape index (κ3) is 6.70. The molecule has 0 spiro atoms. The first kappa shape index (κ1) is 29.3. The first-order chi connectivity index (χ1) is 18.7. The molecule has 0 bridgehead atoms. The second kappa shape index (κ2) is 11.0. The summed E-state index contributed by atoms with van der Waals surface area (Å²) in [7, 11) is 0. The number of imide groups is 1. The van der Waals surface area contributed by atoms with E-state index in [1.165, 1.54) is 11.0 Å². The monoisotopic (exact) mass is 563 g/mol. The maximum Gasteiger partial charge on any atom is 0.573 e. The number of morpholine rings is 1. The lowest BCUT2D eigenvalue weighted by Crippen LogP contribution is -2.48. The molecule has 10 nitrogen and oxygen atoms in total. The Labute approximate surface area is 230 Å². The van der Waals surface area contributed by atoms with Crippen molar-refractivity contribution in [3.8, 4) is 5.75 Å². The van der Waals surface area contributed by atoms with Crippen molar-refractivity contribution in [1.82, 2.24) is 14.8 Å². The maximum atomic E-state index is 13.4. The number of hydrogen-bond acceptors (Lipinski definition) is 7. The van der Waals surface area contributed by atoms with E-state index in [1.807, 2.05) is 18.7 Å². The molecule has 4 amide bonds. The highest BCUT2D eigenvalue weighted by atomic mass is 19.4. The quantitative estimate of drug-likeness (QED) is 0.481. The predicted octanol–water partition coefficient (Wildman–Crippen LogP) is 4.17. The van der Waals surface area contributed by atoms with E-state index in [-0.39, 0.29) is 29.9 Å². The van der Waals surface area contributed by atoms with E-state index in [0.29, 0.717) is 26.2 Å². The van der Waals surface area contributed by atoms with Crippen molar-refractivity contribution >= 4 is 29.2 Å². The van der Waals surface area contributed by atoms with E-state index in [1.54, 1.807) is 38.4 Å². The Hall–Kier alpha value is -3.71. The van der Waals surface area contributed by atoms with Crippen LogP contribution in [0.4, 0.5) is 29.3 Å². The molecule has 0 radical (unpaired) electrons. The number of aromatic nitrogens is 1. The highest BCUT2D eigenvalue weighted by Gasteiger charge is 2.52. The van der Waals surface area contributed by atoms with Crippen LogP contribution in [-0.2, 0) is 20.9 Å². The fraction of sp³-hybridized carbons (Fsp3) is 0.481. The average molecular weight is 564 g/mol. The van der Waals surface area contributed by atoms with Gasteiger partial charge in [0.25, 0.3) is 5.91 Å². The van der Waals surface area contributed by atoms with E-state index in [0.717, 1.165) is 22.6 Å². The van der Waals surface area contributed by atoms with Gasteiger partial charge in [-0.15, -0.1) is 13.2 Å². The smallest absolute Gasteiger partial charge is 0.404 e. The van der Waals surface area contributed by atoms with E-state index < -0.39 is 35.5 Å². The lowest BCUT2D eigenvalue weighted by molar-refractivity contribution is -0.274. The normalized spacial score (nSPS) is 19.2. The molecular weight excluding hydrogens is 531 g/mol. The fourth-order valence-electron chi connectivity index (χ4n) is 4.75. The summed E-state index contributed by atoms with van der Waals surface area (Å²) >= 11 is 0. The number of rotatable bonds is 8. The summed E-state index contributed by atoms with van der Waals surface area (Å²) in [6, 6.07) is 6.06. The van der Waals surface area contributed by atoms with Gasteiger partial charge in [-0.1, -0.05) is 0 Å². The number of ether oxygens (including phenoxy) is 2. The van der Waals surface area contributed by atoms with Crippen LogP contribution in [0.3, 0.4) is 0 Å². The topological polar surface area (TPSA) is 104 Å². The van der Waals surface area contributed by atoms with Gasteiger partial charge in [0.1, 0.15) is 5.54 Å². The molecule has 1 aromatic heterocycles. The molecule has 0 atom stereocenters. The minimum absolute atomic E-state index is 0.0000525. The molecule has 2 aliphatic heterocycles. The molecule has 40 heavy (non-hydrogen) atoms. The minimum atomic E-state index is -5.02. The summed E-state index contributed by atoms with van der Waals surface area (Å²) in [5.41, 5.74) is -1.17. The number of hydrogen-bond donors (Lipinski definition) is 1. The molecule has 0 saturated carbocycles. The predicted molar refractivity (Wildman–Crippen MR) is 140 cm³/mol. The Bertz CT molecular complexity index is 1270. The second-order valence-corrected chi connectivity index (χ2v) is 10.8. The largest absolute Gasteiger partial charge is 0.573 e. The molecule has 2 fully saturated rings. The third-order valence-corrected chi connectivity index (χ3v) is 6.79. The first-order valence-corrected chi connectivity index (χ1v) is 12.8. The lowest BCUT2D eigenvalue weighted by atomic mass is 10.0. The minimum Gasteiger partial charge on any atom is -0.404 e. The van der Waals surface area contributed by atoms with Crippen LogP contribution in [-0.4, -0.2) is 76.4 Å². The van der Waals surface area contributed by atoms with Crippen LogP contribution in [0.2, 0.25) is 0 Å². The first-order valence-electron chi connectivity index (χ1n) is 12.8. The molecular formula is C27H32F3N5O5. The number of nitrogens with one attached hydrogen (secondary N) is 1. The van der Waals surface area contributed by atoms with Crippen molar-refractivity contribution in [2.24, 2.45) is 0 Å². The summed E-state index contributed by atoms with van der Waals surface area (Å²) < 4.78 is 49.2. The summed E-state index contributed by atoms with van der Waals surface area (Å²) in [4.78, 5) is 47.8. The van der Waals surface area contributed by atoms with Gasteiger partial charge >= 0.3 is 12.4 Å². The van der Waals surface area contributed by atoms with Crippen LogP contribution >= 0.6 is 0 Å². The van der Waals surface area contributed by atoms with Crippen LogP contribution in [0, 0.1) is 0 Å². The summed E-state index contributed by atoms with van der Waals surface area (Å²) in [5, 5.41) is 2.47. The van der Waals surface area contributed by atoms with Crippen LogP contribution < -0.4 is 15.0 Å². The van der Waals surface area contributed by atoms with Crippen molar-refractivity contribution in [2.75, 3.05) is 36.5 Å². The zero-order valence-corrected chi connectivity index (χ0v) is 22.7. The van der Waals surface area contributed by atoms with Gasteiger partial charge < -0.3 is 19.7 Å². The zero-order chi connectivity index (χ0) is 29.3. The number of urea groups is 1. The van der Waals surface area contributed by atoms with Gasteiger partial charge in [0.05, 0.1) is 23.6 Å². The summed E-state index contributed by atoms with van der Waals surface area (Å²) in [5.74, 6) is -1.78. The van der Waals surface area contributed by atoms with Crippen LogP contribution in [0.15, 0.2) is 42.7 Å². The third-order valence-electron chi connectivity index (χ3n) is 6.79. The van der Waals surface area contributed by atoms with Gasteiger partial charge in [-0.05, 0) is 63.6 Å². The highest BCUT2D eigenvalue weighted by Crippen LogP contribution is 2.38. The van der Waals surface area contributed by atoms with Gasteiger partial charge in [-0.3, -0.25) is 19.5 Å². The van der Waals surface area contributed by atoms with Crippen molar-refractivity contribution in [2.45, 2.75) is 58.2 Å². The molecule has 216 valence electrons. The number of carbonyl (C=O) groups is 3. The second-order valence-electron chi connectivity index (χ2n) is 10.8. The molecule has 2 aliphatic rings. The molecule has 0 aliphatic carbocycles. The Kier molecular flexibility index (Phi) is 8.08. The number of benzene rings is 1. The highest BCUT2D eigenvalue weighted by molar-refractivity contribution is 6.23. The Balaban J connectivity index is 1.56. The number of anilines is 2. The number of amides is 4. The molecule has 3 heterocycles. The van der Waals surface area contributed by atoms with Crippen molar-refractivity contribution in [3.05, 3.63) is 48.3 Å². The number of alkyl halides is 3. The zero-order valence-electron chi connectivity index (χ0n) is 22.7. The summed E-state index contributed by atoms with van der Waals surface area (Å²) in [6.07, 6.45) is -1.89. The Morgan fingerprint density at radius 3 is 2.48 bits per heavy atom. The lowest BCUT2D eigenvalue weighted by Gasteiger charge is -2.38. The van der Waals surface area contributed by atoms with E-state index in [9.17, 15) is 27.6 Å². The Morgan fingerprint density at radius 2 is 1.82 bits per heavy atom. The van der Waals surface area contributed by atoms with Crippen molar-refractivity contribution < 1.29 is 37.0 Å². The van der Waals surface area contributed by atoms with Crippen LogP contribution in [0.5, 0.6) is 5.75 Å². The van der Waals surface area contributed by atoms with E-state index in [4.69, 9.17) is 4.74 Å². The molecule has 0 unspecified atom stereocenters. The van der Waals surface area contributed by atoms with Crippen molar-refractivity contribution in [3.63, 3.8) is 0 Å². The number of carbonyl (C=O) groups excluding carboxylic acids is 3. The number of halogens is 3. The molecule has 13 heteroatoms. The molecule has 2 saturated heterocycles. The average Bonchev–Trinajstić information content (AvgIpc) is 3.02. The molecule has 4 rings (SSSR count). The van der Waals surface area contributed by atoms with Gasteiger partial charge in [0.15, 0.2) is 5.75 Å². The standard InChI is InChI=1S/C27H32F3N5O5/c1-25(2)17-33(13-14-39-25)12-9-22(36)32-20-15-19(5-6-21(20)40-27(28,29)30)35-23(37)26(3,4)34(24(35)38)16-18-7-10-31-11-8-18/h5-8,10-11,15H,9,12-14,16-17H2,1-4H3,(H,32,36). The van der Waals surface area contributed by atoms with E-state index >= 15 is 0 Å². The van der Waals surface area contributed by atoms with Gasteiger partial charge in [0, 0.05) is 45.0 Å². The summed E-state index contributed by atoms with van der Waals surface area (Å²) in [6.45, 7) is 9.27. The van der Waals surface area contributed by atoms with Gasteiger partial charge in [-0.2, -0.15) is 0 Å². The Morgan fingerprint density at radius 1 is 1.12 bits per heavy atom. The van der Waals surface area contributed by atoms with Crippen molar-refractivity contribution in [1.29, 1.82) is 0 Å². The van der Waals surface area contributed by atoms with Gasteiger partial charge in [0.2, 0.25) is 5.91 Å². The fourth-order valence-corrected chi connectivity index (χ4v) is 4.75. The number of pyridine rings is 1. The SMILES string of the molecule is CC1(C)CN(CCC(=O)Nc2cc(N3C(=O)N(Cc4ccncc4)C(C)(C)C3=O)ccc2OC(F)(F)F)CCO1. The number of nitrogens with zero attached hydrogens (tertiary/aromatic N) is 4. The molecule has 1 N–H and O–H groups in total. The molecule has 1 aromatic carbocycles. The van der Waals surface area contributed by atoms with Gasteiger partial charge in [-0.25, -0.2) is 9.69 Å². The maximum absolute atomic E-state index is 13.4. The molecule has 2 aromatic rings. The van der Waals surface area contributed by atoms with Crippen LogP contribution in [0.25, 0.3) is 0 Å².